The van der Waals surface area contributed by atoms with Crippen molar-refractivity contribution in [3.63, 3.8) is 0 Å². The summed E-state index contributed by atoms with van der Waals surface area (Å²) in [5, 5.41) is 6.52. The molecule has 0 radical (unpaired) electrons. The van der Waals surface area contributed by atoms with E-state index in [2.05, 4.69) is 27.8 Å². The Balaban J connectivity index is 1.30. The minimum atomic E-state index is -0.614. The molecule has 0 saturated carbocycles. The van der Waals surface area contributed by atoms with Crippen molar-refractivity contribution in [3.05, 3.63) is 84.2 Å². The summed E-state index contributed by atoms with van der Waals surface area (Å²) < 4.78 is 2.86. The van der Waals surface area contributed by atoms with Gasteiger partial charge in [-0.1, -0.05) is 41.7 Å². The van der Waals surface area contributed by atoms with Gasteiger partial charge in [0.1, 0.15) is 6.04 Å². The summed E-state index contributed by atoms with van der Waals surface area (Å²) in [6.07, 6.45) is 5.63. The number of aryl methyl sites for hydroxylation is 1. The normalized spacial score (nSPS) is 11.9. The van der Waals surface area contributed by atoms with Crippen molar-refractivity contribution < 1.29 is 9.59 Å². The van der Waals surface area contributed by atoms with Gasteiger partial charge in [0.05, 0.1) is 10.2 Å². The van der Waals surface area contributed by atoms with Crippen molar-refractivity contribution in [1.82, 2.24) is 20.2 Å². The minimum Gasteiger partial charge on any atom is -0.354 e. The van der Waals surface area contributed by atoms with Crippen molar-refractivity contribution in [2.24, 2.45) is 0 Å². The Morgan fingerprint density at radius 3 is 2.61 bits per heavy atom. The monoisotopic (exact) mass is 432 g/mol. The van der Waals surface area contributed by atoms with E-state index in [9.17, 15) is 9.59 Å². The Labute approximate surface area is 184 Å². The van der Waals surface area contributed by atoms with E-state index in [4.69, 9.17) is 0 Å². The zero-order valence-corrected chi connectivity index (χ0v) is 18.1. The topological polar surface area (TPSA) is 76.0 Å². The maximum atomic E-state index is 12.6. The van der Waals surface area contributed by atoms with Crippen LogP contribution in [0.3, 0.4) is 0 Å². The van der Waals surface area contributed by atoms with Crippen LogP contribution in [0.15, 0.2) is 73.1 Å². The van der Waals surface area contributed by atoms with E-state index in [1.165, 1.54) is 16.9 Å². The van der Waals surface area contributed by atoms with E-state index in [0.29, 0.717) is 12.1 Å². The summed E-state index contributed by atoms with van der Waals surface area (Å²) in [4.78, 5) is 29.6. The number of hydrogen-bond acceptors (Lipinski definition) is 4. The van der Waals surface area contributed by atoms with Gasteiger partial charge in [-0.3, -0.25) is 9.59 Å². The zero-order chi connectivity index (χ0) is 21.6. The van der Waals surface area contributed by atoms with Crippen LogP contribution in [-0.4, -0.2) is 34.0 Å². The Bertz CT molecular complexity index is 1170. The van der Waals surface area contributed by atoms with Crippen LogP contribution in [0.4, 0.5) is 0 Å². The Morgan fingerprint density at radius 2 is 1.84 bits per heavy atom. The summed E-state index contributed by atoms with van der Waals surface area (Å²) in [7, 11) is 0. The van der Waals surface area contributed by atoms with Gasteiger partial charge in [0.2, 0.25) is 5.91 Å². The van der Waals surface area contributed by atoms with Crippen LogP contribution in [-0.2, 0) is 11.2 Å². The molecule has 0 spiro atoms. The molecule has 158 valence electrons. The molecule has 2 heterocycles. The van der Waals surface area contributed by atoms with Crippen molar-refractivity contribution >= 4 is 33.4 Å². The lowest BCUT2D eigenvalue weighted by atomic mass is 10.1. The lowest BCUT2D eigenvalue weighted by molar-refractivity contribution is -0.122. The molecule has 0 aliphatic carbocycles. The van der Waals surface area contributed by atoms with Gasteiger partial charge in [-0.2, -0.15) is 0 Å². The van der Waals surface area contributed by atoms with Crippen LogP contribution in [0, 0.1) is 0 Å². The highest BCUT2D eigenvalue weighted by Crippen LogP contribution is 2.26. The summed E-state index contributed by atoms with van der Waals surface area (Å²) in [5.74, 6) is -0.458. The number of thiazole rings is 1. The average molecular weight is 433 g/mol. The highest BCUT2D eigenvalue weighted by molar-refractivity contribution is 7.20. The number of aromatic nitrogens is 2. The molecule has 0 unspecified atom stereocenters. The first kappa shape index (κ1) is 20.8. The Hall–Kier alpha value is -3.45. The lowest BCUT2D eigenvalue weighted by Gasteiger charge is -2.14. The SMILES string of the molecule is C[C@H](NC(=O)c1ccc2nc(-n3cccc3)sc2c1)C(=O)NCCCc1ccccc1. The van der Waals surface area contributed by atoms with Crippen LogP contribution < -0.4 is 10.6 Å². The summed E-state index contributed by atoms with van der Waals surface area (Å²) >= 11 is 1.52. The van der Waals surface area contributed by atoms with Crippen molar-refractivity contribution in [2.45, 2.75) is 25.8 Å². The first-order chi connectivity index (χ1) is 15.1. The van der Waals surface area contributed by atoms with E-state index in [0.717, 1.165) is 28.2 Å². The number of carbonyl (C=O) groups excluding carboxylic acids is 2. The van der Waals surface area contributed by atoms with Crippen molar-refractivity contribution in [3.8, 4) is 5.13 Å². The number of benzene rings is 2. The van der Waals surface area contributed by atoms with Gasteiger partial charge >= 0.3 is 0 Å². The maximum absolute atomic E-state index is 12.6. The molecule has 2 N–H and O–H groups in total. The van der Waals surface area contributed by atoms with Crippen LogP contribution in [0.2, 0.25) is 0 Å². The number of nitrogens with one attached hydrogen (secondary N) is 2. The van der Waals surface area contributed by atoms with Gasteiger partial charge in [-0.25, -0.2) is 4.98 Å². The molecule has 6 nitrogen and oxygen atoms in total. The quantitative estimate of drug-likeness (QED) is 0.414. The number of amides is 2. The molecule has 2 aromatic carbocycles. The molecule has 4 aromatic rings. The molecule has 0 fully saturated rings. The summed E-state index contributed by atoms with van der Waals surface area (Å²) in [6, 6.07) is 18.8. The molecule has 7 heteroatoms. The maximum Gasteiger partial charge on any atom is 0.251 e. The van der Waals surface area contributed by atoms with Crippen LogP contribution in [0.1, 0.15) is 29.3 Å². The molecule has 4 rings (SSSR count). The van der Waals surface area contributed by atoms with Crippen LogP contribution in [0.5, 0.6) is 0 Å². The molecule has 0 aliphatic rings. The third-order valence-electron chi connectivity index (χ3n) is 4.99. The van der Waals surface area contributed by atoms with Gasteiger partial charge in [-0.15, -0.1) is 0 Å². The molecule has 31 heavy (non-hydrogen) atoms. The minimum absolute atomic E-state index is 0.185. The van der Waals surface area contributed by atoms with E-state index < -0.39 is 6.04 Å². The number of carbonyl (C=O) groups is 2. The first-order valence-electron chi connectivity index (χ1n) is 10.3. The number of hydrogen-bond donors (Lipinski definition) is 2. The summed E-state index contributed by atoms with van der Waals surface area (Å²) in [5.41, 5.74) is 2.60. The van der Waals surface area contributed by atoms with Crippen molar-refractivity contribution in [1.29, 1.82) is 0 Å². The molecule has 2 amide bonds. The van der Waals surface area contributed by atoms with E-state index in [-0.39, 0.29) is 11.8 Å². The second kappa shape index (κ2) is 9.57. The smallest absolute Gasteiger partial charge is 0.251 e. The fourth-order valence-corrected chi connectivity index (χ4v) is 4.25. The van der Waals surface area contributed by atoms with Crippen LogP contribution >= 0.6 is 11.3 Å². The molecular formula is C24H24N4O2S. The largest absolute Gasteiger partial charge is 0.354 e. The molecule has 0 bridgehead atoms. The average Bonchev–Trinajstić information content (AvgIpc) is 3.46. The standard InChI is InChI=1S/C24H24N4O2S/c1-17(22(29)25-13-7-10-18-8-3-2-4-9-18)26-23(30)19-11-12-20-21(16-19)31-24(27-20)28-14-5-6-15-28/h2-6,8-9,11-12,14-17H,7,10,13H2,1H3,(H,25,29)(H,26,30)/t17-/m0/s1. The predicted octanol–water partition coefficient (Wildman–Crippen LogP) is 3.95. The molecule has 1 atom stereocenters. The zero-order valence-electron chi connectivity index (χ0n) is 17.2. The second-order valence-electron chi connectivity index (χ2n) is 7.34. The van der Waals surface area contributed by atoms with E-state index >= 15 is 0 Å². The molecule has 0 saturated heterocycles. The number of fused-ring (bicyclic) bond motifs is 1. The Kier molecular flexibility index (Phi) is 6.43. The molecule has 0 aliphatic heterocycles. The van der Waals surface area contributed by atoms with Gasteiger partial charge < -0.3 is 15.2 Å². The van der Waals surface area contributed by atoms with Gasteiger partial charge in [0.15, 0.2) is 5.13 Å². The third kappa shape index (κ3) is 5.19. The van der Waals surface area contributed by atoms with E-state index in [1.807, 2.05) is 59.4 Å². The van der Waals surface area contributed by atoms with E-state index in [1.54, 1.807) is 13.0 Å². The fraction of sp³-hybridized carbons (Fsp3) is 0.208. The van der Waals surface area contributed by atoms with Crippen molar-refractivity contribution in [2.75, 3.05) is 6.54 Å². The lowest BCUT2D eigenvalue weighted by Crippen LogP contribution is -2.45. The van der Waals surface area contributed by atoms with Gasteiger partial charge in [0, 0.05) is 24.5 Å². The predicted molar refractivity (Wildman–Crippen MR) is 124 cm³/mol. The van der Waals surface area contributed by atoms with Crippen LogP contribution in [0.25, 0.3) is 15.3 Å². The molecular weight excluding hydrogens is 408 g/mol. The highest BCUT2D eigenvalue weighted by Gasteiger charge is 2.17. The first-order valence-corrected chi connectivity index (χ1v) is 11.1. The summed E-state index contributed by atoms with van der Waals surface area (Å²) in [6.45, 7) is 2.27. The van der Waals surface area contributed by atoms with Gasteiger partial charge in [0.25, 0.3) is 5.91 Å². The highest BCUT2D eigenvalue weighted by atomic mass is 32.1. The number of nitrogens with zero attached hydrogens (tertiary/aromatic N) is 2. The third-order valence-corrected chi connectivity index (χ3v) is 6.02. The van der Waals surface area contributed by atoms with Gasteiger partial charge in [-0.05, 0) is 55.7 Å². The molecule has 2 aromatic heterocycles. The second-order valence-corrected chi connectivity index (χ2v) is 8.35. The number of rotatable bonds is 8. The fourth-order valence-electron chi connectivity index (χ4n) is 3.27. The Morgan fingerprint density at radius 1 is 1.06 bits per heavy atom.